The summed E-state index contributed by atoms with van der Waals surface area (Å²) in [4.78, 5) is 0. The van der Waals surface area contributed by atoms with E-state index in [4.69, 9.17) is 4.74 Å². The van der Waals surface area contributed by atoms with Crippen molar-refractivity contribution in [2.24, 2.45) is 0 Å². The topological polar surface area (TPSA) is 39.1 Å². The maximum absolute atomic E-state index is 5.54. The molecule has 2 rings (SSSR count). The molecule has 78 valence electrons. The average molecular weight is 195 g/mol. The fourth-order valence-electron chi connectivity index (χ4n) is 1.72. The van der Waals surface area contributed by atoms with E-state index >= 15 is 0 Å². The first-order chi connectivity index (χ1) is 6.75. The molecular weight excluding hydrogens is 178 g/mol. The van der Waals surface area contributed by atoms with Gasteiger partial charge in [-0.05, 0) is 33.2 Å². The third-order valence-electron chi connectivity index (χ3n) is 2.30. The van der Waals surface area contributed by atoms with Crippen LogP contribution in [0.25, 0.3) is 0 Å². The quantitative estimate of drug-likeness (QED) is 0.795. The first-order valence-electron chi connectivity index (χ1n) is 5.20. The van der Waals surface area contributed by atoms with Crippen LogP contribution in [-0.2, 0) is 0 Å². The maximum atomic E-state index is 5.54. The minimum Gasteiger partial charge on any atom is -0.488 e. The molecule has 0 radical (unpaired) electrons. The van der Waals surface area contributed by atoms with Crippen molar-refractivity contribution in [3.05, 3.63) is 12.4 Å². The minimum atomic E-state index is 0.212. The van der Waals surface area contributed by atoms with Crippen LogP contribution in [0.4, 0.5) is 0 Å². The zero-order valence-corrected chi connectivity index (χ0v) is 8.73. The molecule has 1 aliphatic heterocycles. The highest BCUT2D eigenvalue weighted by atomic mass is 16.5. The molecule has 0 spiro atoms. The summed E-state index contributed by atoms with van der Waals surface area (Å²) in [6.45, 7) is 5.13. The molecule has 0 amide bonds. The molecule has 1 unspecified atom stereocenters. The normalized spacial score (nSPS) is 21.8. The van der Waals surface area contributed by atoms with Gasteiger partial charge < -0.3 is 4.74 Å². The van der Waals surface area contributed by atoms with E-state index in [2.05, 4.69) is 10.4 Å². The molecule has 4 heteroatoms. The van der Waals surface area contributed by atoms with E-state index in [-0.39, 0.29) is 6.10 Å². The van der Waals surface area contributed by atoms with E-state index in [0.717, 1.165) is 18.7 Å². The lowest BCUT2D eigenvalue weighted by Crippen LogP contribution is -2.20. The average Bonchev–Trinajstić information content (AvgIpc) is 2.69. The van der Waals surface area contributed by atoms with Crippen LogP contribution >= 0.6 is 0 Å². The number of hydrogen-bond donors (Lipinski definition) is 1. The zero-order chi connectivity index (χ0) is 9.97. The molecule has 1 aromatic rings. The largest absolute Gasteiger partial charge is 0.488 e. The summed E-state index contributed by atoms with van der Waals surface area (Å²) in [7, 11) is 0. The zero-order valence-electron chi connectivity index (χ0n) is 8.73. The van der Waals surface area contributed by atoms with Crippen molar-refractivity contribution in [2.75, 3.05) is 6.54 Å². The summed E-state index contributed by atoms with van der Waals surface area (Å²) in [5.41, 5.74) is 0. The lowest BCUT2D eigenvalue weighted by molar-refractivity contribution is 0.241. The first kappa shape index (κ1) is 9.52. The first-order valence-corrected chi connectivity index (χ1v) is 5.20. The number of nitrogens with one attached hydrogen (secondary N) is 1. The van der Waals surface area contributed by atoms with Crippen molar-refractivity contribution in [1.29, 1.82) is 0 Å². The van der Waals surface area contributed by atoms with Gasteiger partial charge >= 0.3 is 0 Å². The summed E-state index contributed by atoms with van der Waals surface area (Å²) in [5, 5.41) is 7.66. The Morgan fingerprint density at radius 1 is 1.64 bits per heavy atom. The van der Waals surface area contributed by atoms with Crippen LogP contribution in [0.1, 0.15) is 32.9 Å². The smallest absolute Gasteiger partial charge is 0.157 e. The number of aromatic nitrogens is 2. The molecule has 1 aromatic heterocycles. The summed E-state index contributed by atoms with van der Waals surface area (Å²) < 4.78 is 7.49. The summed E-state index contributed by atoms with van der Waals surface area (Å²) in [6, 6.07) is 0. The molecular formula is C10H17N3O. The van der Waals surface area contributed by atoms with Gasteiger partial charge in [-0.15, -0.1) is 0 Å². The second kappa shape index (κ2) is 4.00. The van der Waals surface area contributed by atoms with Crippen LogP contribution in [0, 0.1) is 0 Å². The third kappa shape index (κ3) is 2.07. The van der Waals surface area contributed by atoms with E-state index in [1.807, 2.05) is 24.7 Å². The number of hydrogen-bond acceptors (Lipinski definition) is 3. The Labute approximate surface area is 84.3 Å². The second-order valence-electron chi connectivity index (χ2n) is 3.93. The van der Waals surface area contributed by atoms with Gasteiger partial charge in [0.15, 0.2) is 5.75 Å². The van der Waals surface area contributed by atoms with Crippen molar-refractivity contribution in [1.82, 2.24) is 15.1 Å². The van der Waals surface area contributed by atoms with E-state index in [0.29, 0.717) is 6.17 Å². The molecule has 2 heterocycles. The summed E-state index contributed by atoms with van der Waals surface area (Å²) in [5.74, 6) is 0.855. The van der Waals surface area contributed by atoms with Gasteiger partial charge in [-0.1, -0.05) is 0 Å². The van der Waals surface area contributed by atoms with E-state index in [1.165, 1.54) is 6.42 Å². The molecule has 1 atom stereocenters. The predicted molar refractivity (Wildman–Crippen MR) is 54.3 cm³/mol. The van der Waals surface area contributed by atoms with E-state index < -0.39 is 0 Å². The van der Waals surface area contributed by atoms with Crippen LogP contribution < -0.4 is 10.1 Å². The van der Waals surface area contributed by atoms with Crippen molar-refractivity contribution >= 4 is 0 Å². The highest BCUT2D eigenvalue weighted by Gasteiger charge is 2.16. The minimum absolute atomic E-state index is 0.212. The van der Waals surface area contributed by atoms with Gasteiger partial charge in [0.2, 0.25) is 0 Å². The van der Waals surface area contributed by atoms with Crippen molar-refractivity contribution in [3.8, 4) is 5.75 Å². The van der Waals surface area contributed by atoms with Crippen molar-refractivity contribution in [3.63, 3.8) is 0 Å². The predicted octanol–water partition coefficient (Wildman–Crippen LogP) is 1.55. The maximum Gasteiger partial charge on any atom is 0.157 e. The van der Waals surface area contributed by atoms with Crippen LogP contribution in [0.2, 0.25) is 0 Å². The Kier molecular flexibility index (Phi) is 2.72. The van der Waals surface area contributed by atoms with Crippen molar-refractivity contribution in [2.45, 2.75) is 39.0 Å². The highest BCUT2D eigenvalue weighted by Crippen LogP contribution is 2.19. The third-order valence-corrected chi connectivity index (χ3v) is 2.30. The SMILES string of the molecule is CC(C)Oc1cnn(C2CCCN2)c1. The Morgan fingerprint density at radius 2 is 2.50 bits per heavy atom. The van der Waals surface area contributed by atoms with E-state index in [1.54, 1.807) is 6.20 Å². The van der Waals surface area contributed by atoms with Gasteiger partial charge in [-0.2, -0.15) is 5.10 Å². The lowest BCUT2D eigenvalue weighted by Gasteiger charge is -2.10. The molecule has 0 aromatic carbocycles. The standard InChI is InChI=1S/C10H17N3O/c1-8(2)14-9-6-12-13(7-9)10-4-3-5-11-10/h6-8,10-11H,3-5H2,1-2H3. The van der Waals surface area contributed by atoms with Crippen LogP contribution in [0.3, 0.4) is 0 Å². The van der Waals surface area contributed by atoms with Gasteiger partial charge in [0.1, 0.15) is 6.17 Å². The Morgan fingerprint density at radius 3 is 3.14 bits per heavy atom. The molecule has 14 heavy (non-hydrogen) atoms. The summed E-state index contributed by atoms with van der Waals surface area (Å²) in [6.07, 6.45) is 6.69. The number of rotatable bonds is 3. The Bertz CT molecular complexity index is 289. The second-order valence-corrected chi connectivity index (χ2v) is 3.93. The fourth-order valence-corrected chi connectivity index (χ4v) is 1.72. The molecule has 0 aliphatic carbocycles. The van der Waals surface area contributed by atoms with Gasteiger partial charge in [0.25, 0.3) is 0 Å². The molecule has 1 N–H and O–H groups in total. The van der Waals surface area contributed by atoms with Gasteiger partial charge in [0, 0.05) is 0 Å². The Balaban J connectivity index is 2.01. The molecule has 4 nitrogen and oxygen atoms in total. The van der Waals surface area contributed by atoms with Crippen LogP contribution in [0.5, 0.6) is 5.75 Å². The summed E-state index contributed by atoms with van der Waals surface area (Å²) >= 11 is 0. The van der Waals surface area contributed by atoms with Crippen LogP contribution in [0.15, 0.2) is 12.4 Å². The lowest BCUT2D eigenvalue weighted by atomic mass is 10.3. The van der Waals surface area contributed by atoms with Gasteiger partial charge in [-0.25, -0.2) is 0 Å². The van der Waals surface area contributed by atoms with Gasteiger partial charge in [-0.3, -0.25) is 10.00 Å². The molecule has 0 saturated carbocycles. The molecule has 1 aliphatic rings. The molecule has 1 fully saturated rings. The molecule has 1 saturated heterocycles. The Hall–Kier alpha value is -1.03. The van der Waals surface area contributed by atoms with Gasteiger partial charge in [0.05, 0.1) is 18.5 Å². The van der Waals surface area contributed by atoms with E-state index in [9.17, 15) is 0 Å². The van der Waals surface area contributed by atoms with Crippen molar-refractivity contribution < 1.29 is 4.74 Å². The number of nitrogens with zero attached hydrogens (tertiary/aromatic N) is 2. The number of ether oxygens (including phenoxy) is 1. The monoisotopic (exact) mass is 195 g/mol. The molecule has 0 bridgehead atoms. The fraction of sp³-hybridized carbons (Fsp3) is 0.700. The van der Waals surface area contributed by atoms with Crippen LogP contribution in [-0.4, -0.2) is 22.4 Å². The highest BCUT2D eigenvalue weighted by molar-refractivity contribution is 5.12.